The molecule has 4 heteroatoms. The van der Waals surface area contributed by atoms with E-state index >= 15 is 0 Å². The molecular weight excluding hydrogens is 350 g/mol. The van der Waals surface area contributed by atoms with Gasteiger partial charge in [-0.1, -0.05) is 31.9 Å². The van der Waals surface area contributed by atoms with Crippen molar-refractivity contribution in [3.63, 3.8) is 0 Å². The van der Waals surface area contributed by atoms with Gasteiger partial charge in [0.2, 0.25) is 0 Å². The van der Waals surface area contributed by atoms with Crippen molar-refractivity contribution in [3.8, 4) is 10.4 Å². The lowest BCUT2D eigenvalue weighted by atomic mass is 10.2. The number of halogens is 2. The molecule has 1 heterocycles. The van der Waals surface area contributed by atoms with Crippen LogP contribution in [-0.4, -0.2) is 7.05 Å². The average Bonchev–Trinajstić information content (AvgIpc) is 2.71. The first-order valence-electron chi connectivity index (χ1n) is 4.89. The van der Waals surface area contributed by atoms with E-state index in [2.05, 4.69) is 61.4 Å². The van der Waals surface area contributed by atoms with Gasteiger partial charge >= 0.3 is 0 Å². The standard InChI is InChI=1S/C12H11Br2NS/c1-15-7-9-3-5-12(16-9)10-6-8(13)2-4-11(10)14/h2-6,15H,7H2,1H3. The van der Waals surface area contributed by atoms with Gasteiger partial charge in [-0.05, 0) is 37.4 Å². The second-order valence-corrected chi connectivity index (χ2v) is 6.36. The Morgan fingerprint density at radius 2 is 2.00 bits per heavy atom. The zero-order chi connectivity index (χ0) is 11.5. The first-order valence-corrected chi connectivity index (χ1v) is 7.29. The van der Waals surface area contributed by atoms with E-state index in [0.29, 0.717) is 0 Å². The third-order valence-electron chi connectivity index (χ3n) is 2.21. The van der Waals surface area contributed by atoms with Crippen molar-refractivity contribution in [2.75, 3.05) is 7.05 Å². The summed E-state index contributed by atoms with van der Waals surface area (Å²) in [5.41, 5.74) is 1.24. The molecule has 2 aromatic rings. The van der Waals surface area contributed by atoms with E-state index in [4.69, 9.17) is 0 Å². The Balaban J connectivity index is 2.38. The van der Waals surface area contributed by atoms with Crippen molar-refractivity contribution < 1.29 is 0 Å². The topological polar surface area (TPSA) is 12.0 Å². The summed E-state index contributed by atoms with van der Waals surface area (Å²) in [5.74, 6) is 0. The SMILES string of the molecule is CNCc1ccc(-c2cc(Br)ccc2Br)s1. The molecule has 1 nitrogen and oxygen atoms in total. The van der Waals surface area contributed by atoms with E-state index in [1.165, 1.54) is 15.3 Å². The maximum absolute atomic E-state index is 3.59. The van der Waals surface area contributed by atoms with E-state index in [0.717, 1.165) is 15.5 Å². The minimum atomic E-state index is 0.927. The van der Waals surface area contributed by atoms with Crippen molar-refractivity contribution in [2.24, 2.45) is 0 Å². The van der Waals surface area contributed by atoms with Crippen LogP contribution in [0.15, 0.2) is 39.3 Å². The molecule has 0 saturated heterocycles. The maximum Gasteiger partial charge on any atom is 0.0357 e. The smallest absolute Gasteiger partial charge is 0.0357 e. The fourth-order valence-corrected chi connectivity index (χ4v) is 3.48. The van der Waals surface area contributed by atoms with Crippen LogP contribution in [0.3, 0.4) is 0 Å². The molecule has 84 valence electrons. The van der Waals surface area contributed by atoms with Gasteiger partial charge < -0.3 is 5.32 Å². The fraction of sp³-hybridized carbons (Fsp3) is 0.167. The molecule has 0 bridgehead atoms. The van der Waals surface area contributed by atoms with E-state index < -0.39 is 0 Å². The fourth-order valence-electron chi connectivity index (χ4n) is 1.48. The zero-order valence-electron chi connectivity index (χ0n) is 8.76. The summed E-state index contributed by atoms with van der Waals surface area (Å²) in [7, 11) is 1.97. The van der Waals surface area contributed by atoms with Gasteiger partial charge in [0.15, 0.2) is 0 Å². The lowest BCUT2D eigenvalue weighted by Crippen LogP contribution is -2.02. The summed E-state index contributed by atoms with van der Waals surface area (Å²) in [6.45, 7) is 0.927. The Labute approximate surface area is 116 Å². The summed E-state index contributed by atoms with van der Waals surface area (Å²) in [6.07, 6.45) is 0. The molecule has 0 aliphatic carbocycles. The molecule has 0 amide bonds. The summed E-state index contributed by atoms with van der Waals surface area (Å²) < 4.78 is 2.24. The molecule has 0 aliphatic heterocycles. The highest BCUT2D eigenvalue weighted by molar-refractivity contribution is 9.11. The van der Waals surface area contributed by atoms with Crippen molar-refractivity contribution >= 4 is 43.2 Å². The average molecular weight is 361 g/mol. The van der Waals surface area contributed by atoms with Crippen molar-refractivity contribution in [1.29, 1.82) is 0 Å². The lowest BCUT2D eigenvalue weighted by Gasteiger charge is -2.02. The van der Waals surface area contributed by atoms with Gasteiger partial charge in [0.05, 0.1) is 0 Å². The Hall–Kier alpha value is -0.160. The molecule has 0 aliphatic rings. The van der Waals surface area contributed by atoms with Crippen molar-refractivity contribution in [3.05, 3.63) is 44.2 Å². The molecule has 0 atom stereocenters. The third kappa shape index (κ3) is 2.74. The molecule has 16 heavy (non-hydrogen) atoms. The first-order chi connectivity index (χ1) is 7.70. The van der Waals surface area contributed by atoms with Crippen LogP contribution >= 0.6 is 43.2 Å². The highest BCUT2D eigenvalue weighted by atomic mass is 79.9. The predicted molar refractivity (Wildman–Crippen MR) is 77.9 cm³/mol. The van der Waals surface area contributed by atoms with Crippen LogP contribution in [0, 0.1) is 0 Å². The summed E-state index contributed by atoms with van der Waals surface area (Å²) >= 11 is 8.91. The van der Waals surface area contributed by atoms with E-state index in [-0.39, 0.29) is 0 Å². The van der Waals surface area contributed by atoms with Crippen molar-refractivity contribution in [1.82, 2.24) is 5.32 Å². The van der Waals surface area contributed by atoms with E-state index in [1.807, 2.05) is 24.5 Å². The number of nitrogens with one attached hydrogen (secondary N) is 1. The minimum absolute atomic E-state index is 0.927. The van der Waals surface area contributed by atoms with Crippen molar-refractivity contribution in [2.45, 2.75) is 6.54 Å². The Kier molecular flexibility index (Phi) is 4.19. The lowest BCUT2D eigenvalue weighted by molar-refractivity contribution is 0.831. The molecule has 0 radical (unpaired) electrons. The molecule has 1 aromatic heterocycles. The van der Waals surface area contributed by atoms with Gasteiger partial charge in [-0.3, -0.25) is 0 Å². The second kappa shape index (κ2) is 5.45. The van der Waals surface area contributed by atoms with Gasteiger partial charge in [0.25, 0.3) is 0 Å². The molecule has 0 spiro atoms. The highest BCUT2D eigenvalue weighted by Gasteiger charge is 2.06. The molecule has 0 unspecified atom stereocenters. The molecular formula is C12H11Br2NS. The number of thiophene rings is 1. The van der Waals surface area contributed by atoms with Crippen LogP contribution in [0.1, 0.15) is 4.88 Å². The Morgan fingerprint density at radius 1 is 1.19 bits per heavy atom. The summed E-state index contributed by atoms with van der Waals surface area (Å²) in [5, 5.41) is 3.16. The van der Waals surface area contributed by atoms with Gasteiger partial charge in [-0.2, -0.15) is 0 Å². The van der Waals surface area contributed by atoms with E-state index in [1.54, 1.807) is 0 Å². The predicted octanol–water partition coefficient (Wildman–Crippen LogP) is 4.66. The second-order valence-electron chi connectivity index (χ2n) is 3.42. The Bertz CT molecular complexity index is 494. The zero-order valence-corrected chi connectivity index (χ0v) is 12.7. The number of hydrogen-bond acceptors (Lipinski definition) is 2. The maximum atomic E-state index is 3.59. The van der Waals surface area contributed by atoms with E-state index in [9.17, 15) is 0 Å². The van der Waals surface area contributed by atoms with Gasteiger partial charge in [-0.25, -0.2) is 0 Å². The quantitative estimate of drug-likeness (QED) is 0.839. The number of hydrogen-bond donors (Lipinski definition) is 1. The molecule has 0 saturated carbocycles. The molecule has 0 fully saturated rings. The first kappa shape index (κ1) is 12.3. The van der Waals surface area contributed by atoms with Crippen LogP contribution in [0.2, 0.25) is 0 Å². The highest BCUT2D eigenvalue weighted by Crippen LogP contribution is 2.35. The van der Waals surface area contributed by atoms with Crippen LogP contribution in [0.25, 0.3) is 10.4 Å². The van der Waals surface area contributed by atoms with Gasteiger partial charge in [0, 0.05) is 30.8 Å². The molecule has 2 rings (SSSR count). The van der Waals surface area contributed by atoms with Crippen LogP contribution in [0.5, 0.6) is 0 Å². The summed E-state index contributed by atoms with van der Waals surface area (Å²) in [6, 6.07) is 10.6. The van der Waals surface area contributed by atoms with Gasteiger partial charge in [0.1, 0.15) is 0 Å². The van der Waals surface area contributed by atoms with Crippen LogP contribution < -0.4 is 5.32 Å². The Morgan fingerprint density at radius 3 is 2.75 bits per heavy atom. The molecule has 1 N–H and O–H groups in total. The monoisotopic (exact) mass is 359 g/mol. The third-order valence-corrected chi connectivity index (χ3v) is 4.51. The number of rotatable bonds is 3. The minimum Gasteiger partial charge on any atom is -0.315 e. The van der Waals surface area contributed by atoms with Crippen LogP contribution in [-0.2, 0) is 6.54 Å². The normalized spacial score (nSPS) is 10.7. The number of benzene rings is 1. The van der Waals surface area contributed by atoms with Gasteiger partial charge in [-0.15, -0.1) is 11.3 Å². The van der Waals surface area contributed by atoms with Crippen LogP contribution in [0.4, 0.5) is 0 Å². The largest absolute Gasteiger partial charge is 0.315 e. The summed E-state index contributed by atoms with van der Waals surface area (Å²) in [4.78, 5) is 2.64. The molecule has 1 aromatic carbocycles.